The van der Waals surface area contributed by atoms with Crippen molar-refractivity contribution in [3.8, 4) is 22.5 Å². The molecule has 0 spiro atoms. The van der Waals surface area contributed by atoms with Crippen LogP contribution in [0.1, 0.15) is 66.5 Å². The quantitative estimate of drug-likeness (QED) is 0.0772. The van der Waals surface area contributed by atoms with E-state index in [1.54, 1.807) is 24.8 Å². The molecule has 2 unspecified atom stereocenters. The minimum absolute atomic E-state index is 0.122. The van der Waals surface area contributed by atoms with E-state index in [1.807, 2.05) is 21.8 Å². The Morgan fingerprint density at radius 2 is 1.05 bits per heavy atom. The molecule has 0 saturated carbocycles. The molecule has 6 heterocycles. The molecular formula is C40H54B2Cl2N8O4Si2. The first kappa shape index (κ1) is 45.5. The molecule has 12 nitrogen and oxygen atoms in total. The first-order chi connectivity index (χ1) is 26.9. The number of rotatable bonds is 12. The van der Waals surface area contributed by atoms with Gasteiger partial charge in [-0.15, -0.1) is 0 Å². The van der Waals surface area contributed by atoms with Gasteiger partial charge in [0, 0.05) is 84.2 Å². The zero-order valence-corrected chi connectivity index (χ0v) is 39.2. The summed E-state index contributed by atoms with van der Waals surface area (Å²) in [6.45, 7) is 29.1. The van der Waals surface area contributed by atoms with Crippen molar-refractivity contribution >= 4 is 78.7 Å². The lowest BCUT2D eigenvalue weighted by Crippen LogP contribution is -2.46. The summed E-state index contributed by atoms with van der Waals surface area (Å²) in [5.74, 6) is 1.56. The van der Waals surface area contributed by atoms with Gasteiger partial charge in [0.05, 0.1) is 11.4 Å². The fraction of sp³-hybridized carbons (Fsp3) is 0.500. The Balaban J connectivity index is 0.000000221. The topological polar surface area (TPSA) is 136 Å². The van der Waals surface area contributed by atoms with Crippen molar-refractivity contribution in [3.05, 3.63) is 70.7 Å². The molecule has 306 valence electrons. The van der Waals surface area contributed by atoms with Crippen molar-refractivity contribution in [1.29, 1.82) is 0 Å². The molecule has 2 radical (unpaired) electrons. The van der Waals surface area contributed by atoms with Gasteiger partial charge in [0.1, 0.15) is 24.0 Å². The second-order valence-electron chi connectivity index (χ2n) is 18.7. The van der Waals surface area contributed by atoms with E-state index in [9.17, 15) is 9.59 Å². The van der Waals surface area contributed by atoms with Crippen LogP contribution in [0, 0.1) is 0 Å². The zero-order chi connectivity index (χ0) is 42.9. The lowest BCUT2D eigenvalue weighted by Gasteiger charge is -2.39. The summed E-state index contributed by atoms with van der Waals surface area (Å²) in [6.07, 6.45) is 8.36. The molecule has 0 aromatic carbocycles. The lowest BCUT2D eigenvalue weighted by molar-refractivity contribution is 0.219. The van der Waals surface area contributed by atoms with Crippen molar-refractivity contribution in [2.75, 3.05) is 35.9 Å². The molecule has 0 N–H and O–H groups in total. The molecular weight excluding hydrogens is 805 g/mol. The molecule has 2 atom stereocenters. The van der Waals surface area contributed by atoms with Gasteiger partial charge in [0.15, 0.2) is 16.6 Å². The maximum Gasteiger partial charge on any atom is 0.330 e. The number of nitrogens with zero attached hydrogens (tertiary/aromatic N) is 8. The van der Waals surface area contributed by atoms with E-state index < -0.39 is 16.6 Å². The molecule has 6 rings (SSSR count). The number of hydrogen-bond donors (Lipinski definition) is 0. The number of carbonyl (C=O) groups is 2. The number of pyridine rings is 2. The van der Waals surface area contributed by atoms with Crippen molar-refractivity contribution in [2.45, 2.75) is 102 Å². The van der Waals surface area contributed by atoms with Gasteiger partial charge in [-0.3, -0.25) is 0 Å². The second-order valence-corrected chi connectivity index (χ2v) is 29.0. The number of carbonyl (C=O) groups excluding carboxylic acids is 2. The molecule has 0 amide bonds. The van der Waals surface area contributed by atoms with Gasteiger partial charge in [0.25, 0.3) is 0 Å². The van der Waals surface area contributed by atoms with Gasteiger partial charge in [-0.05, 0) is 83.7 Å². The molecule has 2 aliphatic heterocycles. The maximum atomic E-state index is 11.2. The summed E-state index contributed by atoms with van der Waals surface area (Å²) in [5, 5.41) is 0.639. The monoisotopic (exact) mass is 858 g/mol. The minimum atomic E-state index is -1.92. The van der Waals surface area contributed by atoms with Gasteiger partial charge in [-0.25, -0.2) is 29.9 Å². The van der Waals surface area contributed by atoms with Crippen LogP contribution >= 0.6 is 23.2 Å². The number of hydrogen-bond acceptors (Lipinski definition) is 12. The lowest BCUT2D eigenvalue weighted by atomic mass is 9.85. The molecule has 0 aliphatic carbocycles. The van der Waals surface area contributed by atoms with Crippen molar-refractivity contribution in [1.82, 2.24) is 29.9 Å². The molecule has 2 aliphatic rings. The number of halogens is 2. The Labute approximate surface area is 357 Å². The van der Waals surface area contributed by atoms with Gasteiger partial charge in [-0.2, -0.15) is 0 Å². The van der Waals surface area contributed by atoms with Gasteiger partial charge in [0.2, 0.25) is 10.6 Å². The van der Waals surface area contributed by atoms with Crippen molar-refractivity contribution < 1.29 is 18.4 Å². The predicted molar refractivity (Wildman–Crippen MR) is 241 cm³/mol. The maximum absolute atomic E-state index is 11.2. The van der Waals surface area contributed by atoms with Crippen LogP contribution in [-0.2, 0) is 29.3 Å². The van der Waals surface area contributed by atoms with Crippen LogP contribution in [0.25, 0.3) is 22.5 Å². The Morgan fingerprint density at radius 1 is 0.690 bits per heavy atom. The van der Waals surface area contributed by atoms with Crippen LogP contribution in [0.4, 0.5) is 11.6 Å². The van der Waals surface area contributed by atoms with Gasteiger partial charge in [-0.1, -0.05) is 55.4 Å². The summed E-state index contributed by atoms with van der Waals surface area (Å²) in [4.78, 5) is 51.9. The summed E-state index contributed by atoms with van der Waals surface area (Å²) in [5.41, 5.74) is 4.63. The number of anilines is 2. The highest BCUT2D eigenvalue weighted by atomic mass is 35.5. The zero-order valence-electron chi connectivity index (χ0n) is 35.7. The smallest absolute Gasteiger partial charge is 0.330 e. The third-order valence-corrected chi connectivity index (χ3v) is 21.4. The van der Waals surface area contributed by atoms with E-state index in [0.717, 1.165) is 46.3 Å². The third kappa shape index (κ3) is 9.90. The van der Waals surface area contributed by atoms with Crippen LogP contribution in [0.2, 0.25) is 46.8 Å². The van der Waals surface area contributed by atoms with Crippen LogP contribution in [-0.4, -0.2) is 100 Å². The molecule has 18 heteroatoms. The van der Waals surface area contributed by atoms with E-state index in [4.69, 9.17) is 32.1 Å². The fourth-order valence-electron chi connectivity index (χ4n) is 6.36. The summed E-state index contributed by atoms with van der Waals surface area (Å²) in [6, 6.07) is 7.77. The predicted octanol–water partition coefficient (Wildman–Crippen LogP) is 8.20. The Hall–Kier alpha value is -3.54. The Bertz CT molecular complexity index is 1990. The van der Waals surface area contributed by atoms with Crippen LogP contribution in [0.15, 0.2) is 49.1 Å². The SMILES string of the molecule is CC1(CO[Si](C)(C)C(C)(C)C)CN([B]C=O)c2ncc(-c3ccnc(Cl)n3)cc21.CC1(CO[Si](C)(C)C(C)(C)C)CN([B]C=O)c2ncc(-c3ccnc(Cl)n3)cc21. The molecule has 0 bridgehead atoms. The largest absolute Gasteiger partial charge is 0.416 e. The fourth-order valence-corrected chi connectivity index (χ4v) is 8.88. The summed E-state index contributed by atoms with van der Waals surface area (Å²) >= 11 is 11.9. The highest BCUT2D eigenvalue weighted by Crippen LogP contribution is 2.45. The average molecular weight is 860 g/mol. The molecule has 58 heavy (non-hydrogen) atoms. The van der Waals surface area contributed by atoms with Crippen LogP contribution in [0.3, 0.4) is 0 Å². The molecule has 4 aromatic heterocycles. The Kier molecular flexibility index (Phi) is 13.5. The van der Waals surface area contributed by atoms with E-state index >= 15 is 0 Å². The number of fused-ring (bicyclic) bond motifs is 2. The number of aromatic nitrogens is 6. The van der Waals surface area contributed by atoms with E-state index in [1.165, 1.54) is 14.8 Å². The third-order valence-electron chi connectivity index (χ3n) is 12.1. The Morgan fingerprint density at radius 3 is 1.36 bits per heavy atom. The van der Waals surface area contributed by atoms with Crippen molar-refractivity contribution in [2.24, 2.45) is 0 Å². The normalized spacial score (nSPS) is 19.2. The molecule has 4 aromatic rings. The molecule has 0 fully saturated rings. The van der Waals surface area contributed by atoms with E-state index in [0.29, 0.717) is 37.7 Å². The molecule has 0 saturated heterocycles. The first-order valence-corrected chi connectivity index (χ1v) is 25.9. The van der Waals surface area contributed by atoms with Crippen LogP contribution < -0.4 is 9.62 Å². The second kappa shape index (κ2) is 17.2. The summed E-state index contributed by atoms with van der Waals surface area (Å²) in [7, 11) is -0.781. The summed E-state index contributed by atoms with van der Waals surface area (Å²) < 4.78 is 13.1. The first-order valence-electron chi connectivity index (χ1n) is 19.3. The van der Waals surface area contributed by atoms with E-state index in [-0.39, 0.29) is 31.5 Å². The van der Waals surface area contributed by atoms with Crippen molar-refractivity contribution in [3.63, 3.8) is 0 Å². The standard InChI is InChI=1S/2C20H27BClN4O2Si/c2*1-19(2,3)29(5,6)28-12-20(4)11-26(21-13-27)17-15(20)9-14(10-24-17)16-7-8-23-18(22)25-16/h2*7-10,13H,11-12H2,1-6H3. The van der Waals surface area contributed by atoms with E-state index in [2.05, 4.69) is 124 Å². The minimum Gasteiger partial charge on any atom is -0.416 e. The van der Waals surface area contributed by atoms with Crippen LogP contribution in [0.5, 0.6) is 0 Å². The average Bonchev–Trinajstić information content (AvgIpc) is 3.59. The van der Waals surface area contributed by atoms with Gasteiger partial charge >= 0.3 is 14.8 Å². The highest BCUT2D eigenvalue weighted by Gasteiger charge is 2.46. The highest BCUT2D eigenvalue weighted by molar-refractivity contribution is 6.74. The van der Waals surface area contributed by atoms with Gasteiger partial charge < -0.3 is 28.1 Å².